The van der Waals surface area contributed by atoms with Crippen molar-refractivity contribution in [3.05, 3.63) is 47.5 Å². The van der Waals surface area contributed by atoms with Crippen molar-refractivity contribution in [3.8, 4) is 0 Å². The molecule has 1 aromatic carbocycles. The number of nitrogens with zero attached hydrogens (tertiary/aromatic N) is 6. The molecule has 10 heteroatoms. The first-order valence-electron chi connectivity index (χ1n) is 10.1. The van der Waals surface area contributed by atoms with Crippen molar-refractivity contribution in [1.82, 2.24) is 24.5 Å². The van der Waals surface area contributed by atoms with E-state index in [0.717, 1.165) is 43.4 Å². The molecule has 1 aliphatic heterocycles. The zero-order valence-corrected chi connectivity index (χ0v) is 17.8. The summed E-state index contributed by atoms with van der Waals surface area (Å²) in [5.41, 5.74) is 3.38. The number of aryl methyl sites for hydroxylation is 2. The van der Waals surface area contributed by atoms with Crippen LogP contribution in [-0.4, -0.2) is 76.2 Å². The van der Waals surface area contributed by atoms with E-state index in [4.69, 9.17) is 4.74 Å². The molecule has 0 bridgehead atoms. The lowest BCUT2D eigenvalue weighted by Gasteiger charge is -2.28. The van der Waals surface area contributed by atoms with E-state index in [9.17, 15) is 9.59 Å². The number of benzene rings is 1. The van der Waals surface area contributed by atoms with Crippen LogP contribution in [0.3, 0.4) is 0 Å². The van der Waals surface area contributed by atoms with Crippen molar-refractivity contribution < 1.29 is 14.3 Å². The number of hydrogen-bond donors (Lipinski definition) is 1. The first kappa shape index (κ1) is 20.7. The van der Waals surface area contributed by atoms with E-state index in [2.05, 4.69) is 25.3 Å². The van der Waals surface area contributed by atoms with Gasteiger partial charge in [-0.25, -0.2) is 9.50 Å². The second-order valence-corrected chi connectivity index (χ2v) is 7.54. The van der Waals surface area contributed by atoms with Gasteiger partial charge < -0.3 is 19.9 Å². The Kier molecular flexibility index (Phi) is 5.81. The topological polar surface area (TPSA) is 105 Å². The summed E-state index contributed by atoms with van der Waals surface area (Å²) >= 11 is 0. The number of nitrogens with one attached hydrogen (secondary N) is 1. The first-order chi connectivity index (χ1) is 14.9. The number of morpholine rings is 1. The average molecular weight is 423 g/mol. The number of rotatable bonds is 5. The van der Waals surface area contributed by atoms with Gasteiger partial charge in [-0.1, -0.05) is 0 Å². The Morgan fingerprint density at radius 1 is 1.13 bits per heavy atom. The number of aromatic nitrogens is 4. The Morgan fingerprint density at radius 3 is 2.55 bits per heavy atom. The number of hydrogen-bond acceptors (Lipinski definition) is 7. The van der Waals surface area contributed by atoms with Crippen molar-refractivity contribution in [1.29, 1.82) is 0 Å². The molecule has 3 heterocycles. The summed E-state index contributed by atoms with van der Waals surface area (Å²) in [7, 11) is 1.54. The fourth-order valence-electron chi connectivity index (χ4n) is 3.49. The summed E-state index contributed by atoms with van der Waals surface area (Å²) in [6.07, 6.45) is 0. The molecule has 0 spiro atoms. The summed E-state index contributed by atoms with van der Waals surface area (Å²) in [5.74, 6) is -0.380. The fourth-order valence-corrected chi connectivity index (χ4v) is 3.49. The smallest absolute Gasteiger partial charge is 0.293 e. The number of ether oxygens (including phenoxy) is 1. The van der Waals surface area contributed by atoms with Crippen LogP contribution in [0, 0.1) is 13.8 Å². The number of fused-ring (bicyclic) bond motifs is 1. The molecule has 2 amide bonds. The number of amides is 2. The molecule has 1 saturated heterocycles. The lowest BCUT2D eigenvalue weighted by molar-refractivity contribution is -0.116. The first-order valence-corrected chi connectivity index (χ1v) is 10.1. The van der Waals surface area contributed by atoms with Crippen LogP contribution in [0.4, 0.5) is 11.4 Å². The van der Waals surface area contributed by atoms with Gasteiger partial charge in [0.15, 0.2) is 0 Å². The van der Waals surface area contributed by atoms with Crippen LogP contribution in [0.5, 0.6) is 0 Å². The molecule has 0 atom stereocenters. The second kappa shape index (κ2) is 8.68. The minimum atomic E-state index is -0.444. The average Bonchev–Trinajstić information content (AvgIpc) is 3.18. The van der Waals surface area contributed by atoms with Crippen molar-refractivity contribution in [2.45, 2.75) is 13.8 Å². The highest BCUT2D eigenvalue weighted by Crippen LogP contribution is 2.19. The van der Waals surface area contributed by atoms with Gasteiger partial charge in [0.2, 0.25) is 11.7 Å². The largest absolute Gasteiger partial charge is 0.378 e. The summed E-state index contributed by atoms with van der Waals surface area (Å²) in [4.78, 5) is 37.1. The van der Waals surface area contributed by atoms with E-state index in [1.165, 1.54) is 9.42 Å². The maximum atomic E-state index is 12.7. The highest BCUT2D eigenvalue weighted by Gasteiger charge is 2.21. The van der Waals surface area contributed by atoms with Crippen molar-refractivity contribution in [2.24, 2.45) is 0 Å². The third kappa shape index (κ3) is 4.64. The molecule has 10 nitrogen and oxygen atoms in total. The lowest BCUT2D eigenvalue weighted by Crippen LogP contribution is -2.36. The van der Waals surface area contributed by atoms with Gasteiger partial charge in [-0.15, -0.1) is 5.10 Å². The van der Waals surface area contributed by atoms with Gasteiger partial charge in [0.1, 0.15) is 0 Å². The summed E-state index contributed by atoms with van der Waals surface area (Å²) in [6, 6.07) is 9.49. The molecule has 1 aliphatic rings. The molecule has 4 rings (SSSR count). The third-order valence-corrected chi connectivity index (χ3v) is 5.06. The Bertz CT molecular complexity index is 1100. The maximum Gasteiger partial charge on any atom is 0.293 e. The molecule has 0 unspecified atom stereocenters. The van der Waals surface area contributed by atoms with Gasteiger partial charge in [0.25, 0.3) is 11.7 Å². The molecule has 162 valence electrons. The number of carbonyl (C=O) groups is 2. The monoisotopic (exact) mass is 423 g/mol. The number of anilines is 2. The predicted molar refractivity (Wildman–Crippen MR) is 115 cm³/mol. The van der Waals surface area contributed by atoms with E-state index < -0.39 is 5.91 Å². The van der Waals surface area contributed by atoms with Gasteiger partial charge in [-0.3, -0.25) is 9.59 Å². The van der Waals surface area contributed by atoms with Gasteiger partial charge in [-0.2, -0.15) is 4.98 Å². The Balaban J connectivity index is 1.37. The summed E-state index contributed by atoms with van der Waals surface area (Å²) in [5, 5.41) is 7.04. The van der Waals surface area contributed by atoms with Crippen LogP contribution in [0.15, 0.2) is 30.3 Å². The molecule has 0 radical (unpaired) electrons. The lowest BCUT2D eigenvalue weighted by atomic mass is 10.2. The normalized spacial score (nSPS) is 14.0. The van der Waals surface area contributed by atoms with Crippen molar-refractivity contribution in [3.63, 3.8) is 0 Å². The maximum absolute atomic E-state index is 12.7. The molecule has 31 heavy (non-hydrogen) atoms. The Morgan fingerprint density at radius 2 is 1.84 bits per heavy atom. The zero-order chi connectivity index (χ0) is 22.0. The molecule has 1 N–H and O–H groups in total. The quantitative estimate of drug-likeness (QED) is 0.659. The van der Waals surface area contributed by atoms with E-state index in [0.29, 0.717) is 11.5 Å². The molecule has 3 aromatic rings. The number of likely N-dealkylation sites (N-methyl/N-ethyl adjacent to an activating group) is 1. The van der Waals surface area contributed by atoms with Crippen LogP contribution < -0.4 is 10.2 Å². The standard InChI is InChI=1S/C21H25N7O3/c1-14-12-15(2)28-21(22-14)24-19(25-28)20(30)26(3)13-18(29)23-16-4-6-17(7-5-16)27-8-10-31-11-9-27/h4-7,12H,8-11,13H2,1-3H3,(H,23,29). The highest BCUT2D eigenvalue weighted by molar-refractivity contribution is 5.97. The van der Waals surface area contributed by atoms with Crippen LogP contribution in [0.1, 0.15) is 22.0 Å². The Hall–Kier alpha value is -3.53. The predicted octanol–water partition coefficient (Wildman–Crippen LogP) is 1.29. The van der Waals surface area contributed by atoms with Crippen molar-refractivity contribution in [2.75, 3.05) is 50.1 Å². The van der Waals surface area contributed by atoms with Gasteiger partial charge in [0.05, 0.1) is 19.8 Å². The third-order valence-electron chi connectivity index (χ3n) is 5.06. The summed E-state index contributed by atoms with van der Waals surface area (Å²) in [6.45, 7) is 6.74. The minimum Gasteiger partial charge on any atom is -0.378 e. The van der Waals surface area contributed by atoms with Gasteiger partial charge in [-0.05, 0) is 44.2 Å². The molecule has 0 saturated carbocycles. The van der Waals surface area contributed by atoms with E-state index in [-0.39, 0.29) is 18.3 Å². The Labute approximate surface area is 179 Å². The molecular formula is C21H25N7O3. The van der Waals surface area contributed by atoms with Crippen LogP contribution in [0.2, 0.25) is 0 Å². The number of carbonyl (C=O) groups excluding carboxylic acids is 2. The van der Waals surface area contributed by atoms with Crippen molar-refractivity contribution >= 4 is 29.0 Å². The SMILES string of the molecule is Cc1cc(C)n2nc(C(=O)N(C)CC(=O)Nc3ccc(N4CCOCC4)cc3)nc2n1. The fraction of sp³-hybridized carbons (Fsp3) is 0.381. The highest BCUT2D eigenvalue weighted by atomic mass is 16.5. The van der Waals surface area contributed by atoms with Gasteiger partial charge in [0, 0.05) is 42.9 Å². The van der Waals surface area contributed by atoms with E-state index in [1.807, 2.05) is 44.2 Å². The minimum absolute atomic E-state index is 0.00589. The zero-order valence-electron chi connectivity index (χ0n) is 17.8. The molecule has 2 aromatic heterocycles. The molecule has 1 fully saturated rings. The molecule has 0 aliphatic carbocycles. The van der Waals surface area contributed by atoms with Crippen LogP contribution in [0.25, 0.3) is 5.78 Å². The van der Waals surface area contributed by atoms with Gasteiger partial charge >= 0.3 is 0 Å². The second-order valence-electron chi connectivity index (χ2n) is 7.54. The van der Waals surface area contributed by atoms with Crippen LogP contribution >= 0.6 is 0 Å². The summed E-state index contributed by atoms with van der Waals surface area (Å²) < 4.78 is 6.89. The van der Waals surface area contributed by atoms with E-state index in [1.54, 1.807) is 7.05 Å². The van der Waals surface area contributed by atoms with E-state index >= 15 is 0 Å². The molecular weight excluding hydrogens is 398 g/mol. The van der Waals surface area contributed by atoms with Crippen LogP contribution in [-0.2, 0) is 9.53 Å².